The maximum Gasteiger partial charge on any atom is 0.337 e. The number of carbonyl (C=O) groups is 2. The summed E-state index contributed by atoms with van der Waals surface area (Å²) in [5.74, 6) is -0.856. The Morgan fingerprint density at radius 2 is 1.96 bits per heavy atom. The van der Waals surface area contributed by atoms with E-state index in [1.54, 1.807) is 6.08 Å². The molecule has 0 aliphatic rings. The molecule has 118 valence electrons. The summed E-state index contributed by atoms with van der Waals surface area (Å²) in [4.78, 5) is 23.5. The lowest BCUT2D eigenvalue weighted by Crippen LogP contribution is -2.10. The number of hydrogen-bond donors (Lipinski definition) is 1. The predicted molar refractivity (Wildman–Crippen MR) is 94.6 cm³/mol. The molecule has 0 aliphatic carbocycles. The largest absolute Gasteiger partial charge is 0.465 e. The fourth-order valence-electron chi connectivity index (χ4n) is 1.82. The molecule has 0 aliphatic heterocycles. The first-order valence-electron chi connectivity index (χ1n) is 6.62. The van der Waals surface area contributed by atoms with E-state index >= 15 is 0 Å². The average Bonchev–Trinajstić information content (AvgIpc) is 2.55. The fraction of sp³-hybridized carbons (Fsp3) is 0.0588. The Morgan fingerprint density at radius 3 is 2.65 bits per heavy atom. The lowest BCUT2D eigenvalue weighted by molar-refractivity contribution is -0.111. The third-order valence-electron chi connectivity index (χ3n) is 2.96. The van der Waals surface area contributed by atoms with E-state index < -0.39 is 5.97 Å². The Kier molecular flexibility index (Phi) is 5.96. The summed E-state index contributed by atoms with van der Waals surface area (Å²) in [6, 6.07) is 12.0. The molecule has 0 spiro atoms. The summed E-state index contributed by atoms with van der Waals surface area (Å²) in [6.07, 6.45) is 3.07. The Morgan fingerprint density at radius 1 is 1.22 bits per heavy atom. The summed E-state index contributed by atoms with van der Waals surface area (Å²) < 4.78 is 5.52. The minimum absolute atomic E-state index is 0.307. The molecule has 0 saturated heterocycles. The van der Waals surface area contributed by atoms with Crippen LogP contribution < -0.4 is 5.32 Å². The molecular weight excluding hydrogens is 382 g/mol. The number of benzene rings is 2. The second-order valence-electron chi connectivity index (χ2n) is 4.53. The third kappa shape index (κ3) is 4.68. The fourth-order valence-corrected chi connectivity index (χ4v) is 2.40. The molecular formula is C17H13BrClNO3. The standard InChI is InChI=1S/C17H13BrClNO3/c1-23-17(22)12-6-8-14(19)15(10-12)20-16(21)9-7-11-4-2-3-5-13(11)18/h2-10H,1H3,(H,20,21)/b9-7+. The number of halogens is 2. The highest BCUT2D eigenvalue weighted by molar-refractivity contribution is 9.10. The molecule has 0 aromatic heterocycles. The van der Waals surface area contributed by atoms with E-state index in [-0.39, 0.29) is 5.91 Å². The molecule has 0 heterocycles. The van der Waals surface area contributed by atoms with Crippen molar-refractivity contribution in [1.82, 2.24) is 0 Å². The van der Waals surface area contributed by atoms with Crippen molar-refractivity contribution >= 4 is 51.2 Å². The Labute approximate surface area is 147 Å². The monoisotopic (exact) mass is 393 g/mol. The number of amides is 1. The SMILES string of the molecule is COC(=O)c1ccc(Cl)c(NC(=O)/C=C/c2ccccc2Br)c1. The van der Waals surface area contributed by atoms with E-state index in [1.165, 1.54) is 31.4 Å². The summed E-state index contributed by atoms with van der Waals surface area (Å²) in [5, 5.41) is 2.97. The molecule has 6 heteroatoms. The van der Waals surface area contributed by atoms with Gasteiger partial charge in [0.2, 0.25) is 5.91 Å². The van der Waals surface area contributed by atoms with Gasteiger partial charge in [0.25, 0.3) is 0 Å². The molecule has 0 atom stereocenters. The topological polar surface area (TPSA) is 55.4 Å². The number of hydrogen-bond acceptors (Lipinski definition) is 3. The molecule has 1 N–H and O–H groups in total. The van der Waals surface area contributed by atoms with Crippen LogP contribution in [-0.2, 0) is 9.53 Å². The minimum atomic E-state index is -0.499. The van der Waals surface area contributed by atoms with E-state index in [4.69, 9.17) is 11.6 Å². The van der Waals surface area contributed by atoms with Crippen molar-refractivity contribution < 1.29 is 14.3 Å². The van der Waals surface area contributed by atoms with E-state index in [1.807, 2.05) is 24.3 Å². The Hall–Kier alpha value is -2.11. The first-order valence-corrected chi connectivity index (χ1v) is 7.80. The van der Waals surface area contributed by atoms with Gasteiger partial charge in [-0.05, 0) is 35.9 Å². The van der Waals surface area contributed by atoms with Gasteiger partial charge in [0.05, 0.1) is 23.4 Å². The van der Waals surface area contributed by atoms with Crippen molar-refractivity contribution in [2.24, 2.45) is 0 Å². The molecule has 0 radical (unpaired) electrons. The van der Waals surface area contributed by atoms with Crippen molar-refractivity contribution in [2.75, 3.05) is 12.4 Å². The van der Waals surface area contributed by atoms with Crippen LogP contribution in [0, 0.1) is 0 Å². The molecule has 23 heavy (non-hydrogen) atoms. The van der Waals surface area contributed by atoms with Crippen LogP contribution in [0.4, 0.5) is 5.69 Å². The average molecular weight is 395 g/mol. The van der Waals surface area contributed by atoms with Gasteiger partial charge in [-0.15, -0.1) is 0 Å². The molecule has 0 bridgehead atoms. The lowest BCUT2D eigenvalue weighted by Gasteiger charge is -2.07. The van der Waals surface area contributed by atoms with Crippen molar-refractivity contribution in [3.63, 3.8) is 0 Å². The van der Waals surface area contributed by atoms with Crippen LogP contribution in [0.5, 0.6) is 0 Å². The van der Waals surface area contributed by atoms with Gasteiger partial charge < -0.3 is 10.1 Å². The Bertz CT molecular complexity index is 774. The molecule has 4 nitrogen and oxygen atoms in total. The normalized spacial score (nSPS) is 10.6. The van der Waals surface area contributed by atoms with Crippen LogP contribution in [0.2, 0.25) is 5.02 Å². The van der Waals surface area contributed by atoms with Crippen LogP contribution >= 0.6 is 27.5 Å². The number of ether oxygens (including phenoxy) is 1. The van der Waals surface area contributed by atoms with Crippen LogP contribution in [0.25, 0.3) is 6.08 Å². The number of rotatable bonds is 4. The summed E-state index contributed by atoms with van der Waals surface area (Å²) in [7, 11) is 1.29. The van der Waals surface area contributed by atoms with Gasteiger partial charge in [-0.25, -0.2) is 4.79 Å². The number of carbonyl (C=O) groups excluding carboxylic acids is 2. The molecule has 2 aromatic carbocycles. The van der Waals surface area contributed by atoms with Crippen molar-refractivity contribution in [1.29, 1.82) is 0 Å². The third-order valence-corrected chi connectivity index (χ3v) is 4.02. The number of anilines is 1. The van der Waals surface area contributed by atoms with Crippen LogP contribution in [0.3, 0.4) is 0 Å². The van der Waals surface area contributed by atoms with Crippen LogP contribution in [0.15, 0.2) is 53.0 Å². The highest BCUT2D eigenvalue weighted by Gasteiger charge is 2.10. The minimum Gasteiger partial charge on any atom is -0.465 e. The maximum atomic E-state index is 12.0. The van der Waals surface area contributed by atoms with Gasteiger partial charge >= 0.3 is 5.97 Å². The second kappa shape index (κ2) is 7.94. The first-order chi connectivity index (χ1) is 11.0. The zero-order chi connectivity index (χ0) is 16.8. The highest BCUT2D eigenvalue weighted by Crippen LogP contribution is 2.24. The molecule has 2 rings (SSSR count). The molecule has 2 aromatic rings. The number of nitrogens with one attached hydrogen (secondary N) is 1. The summed E-state index contributed by atoms with van der Waals surface area (Å²) in [6.45, 7) is 0. The number of methoxy groups -OCH3 is 1. The van der Waals surface area contributed by atoms with Crippen LogP contribution in [0.1, 0.15) is 15.9 Å². The summed E-state index contributed by atoms with van der Waals surface area (Å²) >= 11 is 9.43. The highest BCUT2D eigenvalue weighted by atomic mass is 79.9. The van der Waals surface area contributed by atoms with Gasteiger partial charge in [0.1, 0.15) is 0 Å². The zero-order valence-electron chi connectivity index (χ0n) is 12.2. The second-order valence-corrected chi connectivity index (χ2v) is 5.79. The van der Waals surface area contributed by atoms with Gasteiger partial charge in [0.15, 0.2) is 0 Å². The molecule has 0 saturated carbocycles. The van der Waals surface area contributed by atoms with E-state index in [0.29, 0.717) is 16.3 Å². The van der Waals surface area contributed by atoms with Crippen LogP contribution in [-0.4, -0.2) is 19.0 Å². The van der Waals surface area contributed by atoms with E-state index in [0.717, 1.165) is 10.0 Å². The molecule has 0 fully saturated rings. The quantitative estimate of drug-likeness (QED) is 0.612. The zero-order valence-corrected chi connectivity index (χ0v) is 14.5. The molecule has 1 amide bonds. The molecule has 0 unspecified atom stereocenters. The number of esters is 1. The Balaban J connectivity index is 2.14. The van der Waals surface area contributed by atoms with Crippen molar-refractivity contribution in [2.45, 2.75) is 0 Å². The first kappa shape index (κ1) is 17.2. The smallest absolute Gasteiger partial charge is 0.337 e. The van der Waals surface area contributed by atoms with Crippen molar-refractivity contribution in [3.05, 3.63) is 69.2 Å². The van der Waals surface area contributed by atoms with Crippen molar-refractivity contribution in [3.8, 4) is 0 Å². The lowest BCUT2D eigenvalue weighted by atomic mass is 10.2. The van der Waals surface area contributed by atoms with Gasteiger partial charge in [-0.1, -0.05) is 45.7 Å². The summed E-state index contributed by atoms with van der Waals surface area (Å²) in [5.41, 5.74) is 1.52. The van der Waals surface area contributed by atoms with E-state index in [2.05, 4.69) is 26.0 Å². The van der Waals surface area contributed by atoms with Gasteiger partial charge in [-0.3, -0.25) is 4.79 Å². The maximum absolute atomic E-state index is 12.0. The van der Waals surface area contributed by atoms with Gasteiger partial charge in [-0.2, -0.15) is 0 Å². The predicted octanol–water partition coefficient (Wildman–Crippen LogP) is 4.54. The van der Waals surface area contributed by atoms with E-state index in [9.17, 15) is 9.59 Å². The van der Waals surface area contributed by atoms with Gasteiger partial charge in [0, 0.05) is 10.5 Å².